The first-order valence-corrected chi connectivity index (χ1v) is 35.6. The number of carbonyl (C=O) groups is 3. The summed E-state index contributed by atoms with van der Waals surface area (Å²) >= 11 is 4.37. The van der Waals surface area contributed by atoms with Crippen LogP contribution in [-0.4, -0.2) is 142 Å². The zero-order valence-corrected chi connectivity index (χ0v) is 58.6. The first-order valence-electron chi connectivity index (χ1n) is 32.9. The number of nitrogens with one attached hydrogen (secondary N) is 2. The normalized spacial score (nSPS) is 20.1. The number of aromatic carboxylic acids is 1. The van der Waals surface area contributed by atoms with Crippen molar-refractivity contribution in [2.75, 3.05) is 20.3 Å². The fraction of sp³-hybridized carbons (Fsp3) is 0.435. The number of aromatic nitrogens is 9. The Morgan fingerprint density at radius 1 is 0.457 bits per heavy atom. The number of carboxylic acids is 1. The van der Waals surface area contributed by atoms with Crippen molar-refractivity contribution in [2.45, 2.75) is 183 Å². The molecule has 5 aromatic carbocycles. The summed E-state index contributed by atoms with van der Waals surface area (Å²) in [6.45, 7) is 4.37. The first kappa shape index (κ1) is 80.2. The van der Waals surface area contributed by atoms with Crippen LogP contribution in [0.1, 0.15) is 174 Å². The van der Waals surface area contributed by atoms with Crippen molar-refractivity contribution in [1.29, 1.82) is 0 Å². The Labute approximate surface area is 605 Å². The van der Waals surface area contributed by atoms with E-state index in [0.29, 0.717) is 28.0 Å². The first-order chi connectivity index (χ1) is 49.9. The largest absolute Gasteiger partial charge is 0.573 e. The molecule has 21 nitrogen and oxygen atoms in total. The van der Waals surface area contributed by atoms with Gasteiger partial charge in [0, 0.05) is 15.7 Å². The lowest BCUT2D eigenvalue weighted by atomic mass is 9.98. The molecule has 566 valence electrons. The number of alkyl halides is 12. The number of ether oxygens (including phenoxy) is 7. The molecule has 0 amide bonds. The van der Waals surface area contributed by atoms with Crippen LogP contribution >= 0.6 is 35.3 Å². The quantitative estimate of drug-likeness (QED) is 0.0363. The summed E-state index contributed by atoms with van der Waals surface area (Å²) in [7, 11) is 1.60. The highest BCUT2D eigenvalue weighted by Gasteiger charge is 2.37. The van der Waals surface area contributed by atoms with Gasteiger partial charge < -0.3 is 43.4 Å². The number of halogens is 12. The van der Waals surface area contributed by atoms with Gasteiger partial charge >= 0.3 is 43.4 Å². The fourth-order valence-corrected chi connectivity index (χ4v) is 16.2. The highest BCUT2D eigenvalue weighted by Crippen LogP contribution is 2.47. The van der Waals surface area contributed by atoms with Crippen LogP contribution in [0.4, 0.5) is 52.7 Å². The SMILES string of the molecule is CCOC(=O)c1n[nH]nc1SC1CCC(c2ccc(OC(F)(F)F)cc2)C1.CCOC(=O)c1nnn(Cc2ccc(OC)cc2)c1SC1CCC(c2ccc(OC(F)(F)F)cc2)C1.O=C(O)c1n[nH]nc1SC1CCC(c2ccc(OC(F)(F)F)cc2)C1.OC1CCC(c2ccc(OC(F)(F)F)cc2)C1. The number of nitrogens with zero attached hydrogens (tertiary/aromatic N) is 7. The third kappa shape index (κ3) is 24.9. The molecule has 4 fully saturated rings. The van der Waals surface area contributed by atoms with Crippen LogP contribution in [0.5, 0.6) is 28.7 Å². The zero-order valence-electron chi connectivity index (χ0n) is 56.1. The zero-order chi connectivity index (χ0) is 75.6. The Morgan fingerprint density at radius 2 is 0.800 bits per heavy atom. The van der Waals surface area contributed by atoms with E-state index >= 15 is 0 Å². The number of methoxy groups -OCH3 is 1. The molecule has 0 radical (unpaired) electrons. The summed E-state index contributed by atoms with van der Waals surface area (Å²) in [6.07, 6.45) is -8.98. The van der Waals surface area contributed by atoms with Crippen molar-refractivity contribution < 1.29 is 110 Å². The van der Waals surface area contributed by atoms with Crippen molar-refractivity contribution >= 4 is 53.2 Å². The second kappa shape index (κ2) is 36.4. The van der Waals surface area contributed by atoms with E-state index in [2.05, 4.69) is 60.1 Å². The van der Waals surface area contributed by atoms with Gasteiger partial charge in [0.25, 0.3) is 0 Å². The molecule has 36 heteroatoms. The van der Waals surface area contributed by atoms with Crippen LogP contribution < -0.4 is 23.7 Å². The molecule has 8 aromatic rings. The van der Waals surface area contributed by atoms with Gasteiger partial charge in [0.05, 0.1) is 33.0 Å². The second-order valence-corrected chi connectivity index (χ2v) is 28.2. The smallest absolute Gasteiger partial charge is 0.497 e. The van der Waals surface area contributed by atoms with Crippen molar-refractivity contribution in [1.82, 2.24) is 45.8 Å². The molecule has 8 unspecified atom stereocenters. The van der Waals surface area contributed by atoms with Crippen molar-refractivity contribution in [3.05, 3.63) is 166 Å². The Bertz CT molecular complexity index is 4080. The number of hydrogen-bond acceptors (Lipinski definition) is 20. The van der Waals surface area contributed by atoms with Crippen LogP contribution in [-0.2, 0) is 16.0 Å². The number of aliphatic hydroxyl groups excluding tert-OH is 1. The number of carbonyl (C=O) groups excluding carboxylic acids is 2. The average Bonchev–Trinajstić information content (AvgIpc) is 1.70. The number of benzene rings is 5. The van der Waals surface area contributed by atoms with E-state index in [-0.39, 0.29) is 98.8 Å². The van der Waals surface area contributed by atoms with Crippen molar-refractivity contribution in [3.8, 4) is 28.7 Å². The van der Waals surface area contributed by atoms with E-state index in [1.807, 2.05) is 24.3 Å². The maximum atomic E-state index is 12.5. The maximum Gasteiger partial charge on any atom is 0.573 e. The molecule has 3 heterocycles. The predicted octanol–water partition coefficient (Wildman–Crippen LogP) is 17.2. The standard InChI is InChI=1S/C25H26F3N3O4S.C17H18F3N3O3S.C15H14F3N3O3S.C12H13F3O2/c1-3-34-24(32)22-23(31(30-29-22)15-16-4-9-19(33-2)10-5-16)36-21-13-8-18(14-21)17-6-11-20(12-7-17)35-25(26,27)28;1-2-25-16(24)14-15(22-23-21-14)27-13-8-5-11(9-13)10-3-6-12(7-4-10)26-17(18,19)20;16-15(17,18)24-10-4-1-8(2-5-10)9-3-6-11(7-9)25-13-12(14(22)23)19-21-20-13;13-12(14,15)17-11-5-2-8(3-6-11)9-1-4-10(16)7-9/h4-7,9-12,18,21H,3,8,13-15H2,1-2H3;3-4,6-7,11,13H,2,5,8-9H2,1H3,(H,21,22,23);1-2,4-5,9,11H,3,6-7H2,(H,22,23)(H,19,20,21);2-3,5-6,9-10,16H,1,4,7H2. The van der Waals surface area contributed by atoms with E-state index in [9.17, 15) is 72.2 Å². The molecular formula is C69H71F12N9O12S3. The number of H-pyrrole nitrogens is 2. The number of esters is 2. The van der Waals surface area contributed by atoms with Gasteiger partial charge in [-0.2, -0.15) is 10.4 Å². The van der Waals surface area contributed by atoms with Gasteiger partial charge in [0.15, 0.2) is 10.1 Å². The Kier molecular flexibility index (Phi) is 27.8. The summed E-state index contributed by atoms with van der Waals surface area (Å²) < 4.78 is 179. The molecule has 12 rings (SSSR count). The van der Waals surface area contributed by atoms with E-state index in [4.69, 9.17) is 19.3 Å². The van der Waals surface area contributed by atoms with Gasteiger partial charge in [0.2, 0.25) is 17.1 Å². The van der Waals surface area contributed by atoms with E-state index in [0.717, 1.165) is 104 Å². The lowest BCUT2D eigenvalue weighted by molar-refractivity contribution is -0.275. The highest BCUT2D eigenvalue weighted by atomic mass is 32.2. The number of hydrogen-bond donors (Lipinski definition) is 4. The number of rotatable bonds is 22. The third-order valence-electron chi connectivity index (χ3n) is 17.1. The van der Waals surface area contributed by atoms with Gasteiger partial charge in [-0.15, -0.1) is 89.9 Å². The van der Waals surface area contributed by atoms with E-state index in [1.54, 1.807) is 85.9 Å². The molecule has 3 aromatic heterocycles. The van der Waals surface area contributed by atoms with Gasteiger partial charge in [-0.3, -0.25) is 0 Å². The minimum absolute atomic E-state index is 0.0953. The minimum Gasteiger partial charge on any atom is -0.497 e. The van der Waals surface area contributed by atoms with Crippen LogP contribution in [0.25, 0.3) is 0 Å². The molecule has 4 N–H and O–H groups in total. The Hall–Kier alpha value is -8.90. The number of aromatic amines is 2. The van der Waals surface area contributed by atoms with Crippen molar-refractivity contribution in [3.63, 3.8) is 0 Å². The molecule has 4 saturated carbocycles. The monoisotopic (exact) mass is 1540 g/mol. The van der Waals surface area contributed by atoms with Crippen LogP contribution in [0.3, 0.4) is 0 Å². The summed E-state index contributed by atoms with van der Waals surface area (Å²) in [5, 5.41) is 49.0. The molecule has 0 saturated heterocycles. The minimum atomic E-state index is -4.71. The molecule has 4 aliphatic carbocycles. The number of aliphatic hydroxyl groups is 1. The number of carboxylic acid groups (broad SMARTS) is 1. The third-order valence-corrected chi connectivity index (χ3v) is 21.0. The molecule has 4 aliphatic rings. The molecule has 8 atom stereocenters. The summed E-state index contributed by atoms with van der Waals surface area (Å²) in [6, 6.07) is 31.4. The predicted molar refractivity (Wildman–Crippen MR) is 358 cm³/mol. The van der Waals surface area contributed by atoms with Gasteiger partial charge in [-0.1, -0.05) is 89.4 Å². The van der Waals surface area contributed by atoms with Crippen molar-refractivity contribution in [2.24, 2.45) is 0 Å². The van der Waals surface area contributed by atoms with Gasteiger partial charge in [0.1, 0.15) is 33.8 Å². The molecule has 0 bridgehead atoms. The summed E-state index contributed by atoms with van der Waals surface area (Å²) in [5.41, 5.74) is 5.07. The Morgan fingerprint density at radius 3 is 1.15 bits per heavy atom. The lowest BCUT2D eigenvalue weighted by Crippen LogP contribution is -2.17. The van der Waals surface area contributed by atoms with Crippen LogP contribution in [0.15, 0.2) is 136 Å². The van der Waals surface area contributed by atoms with Crippen LogP contribution in [0, 0.1) is 0 Å². The summed E-state index contributed by atoms with van der Waals surface area (Å²) in [4.78, 5) is 35.5. The molecule has 105 heavy (non-hydrogen) atoms. The maximum absolute atomic E-state index is 12.5. The van der Waals surface area contributed by atoms with E-state index < -0.39 is 43.4 Å². The topological polar surface area (TPSA) is 270 Å². The molecular weight excluding hydrogens is 1470 g/mol. The average molecular weight is 1540 g/mol. The van der Waals surface area contributed by atoms with Gasteiger partial charge in [-0.25, -0.2) is 19.1 Å². The van der Waals surface area contributed by atoms with E-state index in [1.165, 1.54) is 72.1 Å². The summed E-state index contributed by atoms with van der Waals surface area (Å²) in [5.74, 6) is -1.45. The second-order valence-electron chi connectivity index (χ2n) is 24.3. The van der Waals surface area contributed by atoms with Crippen LogP contribution in [0.2, 0.25) is 0 Å². The fourth-order valence-electron chi connectivity index (χ4n) is 12.4. The Balaban J connectivity index is 0.000000167. The highest BCUT2D eigenvalue weighted by molar-refractivity contribution is 8.00. The molecule has 0 spiro atoms. The lowest BCUT2D eigenvalue weighted by Gasteiger charge is -2.14. The molecule has 0 aliphatic heterocycles. The van der Waals surface area contributed by atoms with Gasteiger partial charge in [-0.05, 0) is 203 Å². The number of thioether (sulfide) groups is 3.